The number of rotatable bonds is 3. The van der Waals surface area contributed by atoms with Crippen molar-refractivity contribution in [2.24, 2.45) is 0 Å². The minimum atomic E-state index is -1.60. The van der Waals surface area contributed by atoms with Gasteiger partial charge in [-0.05, 0) is 30.9 Å². The lowest BCUT2D eigenvalue weighted by atomic mass is 9.87. The molecule has 0 radical (unpaired) electrons. The first-order valence-electron chi connectivity index (χ1n) is 8.14. The molecule has 25 heavy (non-hydrogen) atoms. The van der Waals surface area contributed by atoms with E-state index in [4.69, 9.17) is 0 Å². The fraction of sp³-hybridized carbons (Fsp3) is 0.316. The van der Waals surface area contributed by atoms with E-state index in [0.29, 0.717) is 30.5 Å². The summed E-state index contributed by atoms with van der Waals surface area (Å²) in [7, 11) is 0. The first-order chi connectivity index (χ1) is 11.9. The summed E-state index contributed by atoms with van der Waals surface area (Å²) in [6.45, 7) is 1.96. The van der Waals surface area contributed by atoms with Gasteiger partial charge in [0.25, 0.3) is 5.91 Å². The number of carbonyl (C=O) groups excluding carboxylic acids is 1. The molecule has 1 saturated heterocycles. The zero-order valence-corrected chi connectivity index (χ0v) is 13.9. The number of amides is 1. The van der Waals surface area contributed by atoms with Crippen LogP contribution in [0.1, 0.15) is 44.7 Å². The van der Waals surface area contributed by atoms with Crippen LogP contribution in [-0.4, -0.2) is 40.0 Å². The molecule has 1 fully saturated rings. The number of piperidine rings is 1. The number of carboxylic acid groups (broad SMARTS) is 1. The maximum atomic E-state index is 15.4. The second kappa shape index (κ2) is 6.63. The van der Waals surface area contributed by atoms with Crippen molar-refractivity contribution < 1.29 is 19.1 Å². The number of benzene rings is 1. The summed E-state index contributed by atoms with van der Waals surface area (Å²) in [5.41, 5.74) is -0.500. The van der Waals surface area contributed by atoms with Gasteiger partial charge in [0.2, 0.25) is 0 Å². The largest absolute Gasteiger partial charge is 0.478 e. The highest BCUT2D eigenvalue weighted by Gasteiger charge is 2.39. The topological polar surface area (TPSA) is 70.5 Å². The van der Waals surface area contributed by atoms with E-state index in [2.05, 4.69) is 4.98 Å². The molecule has 0 spiro atoms. The van der Waals surface area contributed by atoms with Crippen molar-refractivity contribution in [2.75, 3.05) is 13.1 Å². The molecule has 5 nitrogen and oxygen atoms in total. The van der Waals surface area contributed by atoms with E-state index in [1.54, 1.807) is 31.2 Å². The van der Waals surface area contributed by atoms with Crippen LogP contribution < -0.4 is 0 Å². The zero-order chi connectivity index (χ0) is 18.0. The maximum Gasteiger partial charge on any atom is 0.337 e. The van der Waals surface area contributed by atoms with E-state index in [-0.39, 0.29) is 23.6 Å². The Morgan fingerprint density at radius 2 is 1.88 bits per heavy atom. The zero-order valence-electron chi connectivity index (χ0n) is 13.9. The fourth-order valence-corrected chi connectivity index (χ4v) is 3.28. The predicted molar refractivity (Wildman–Crippen MR) is 90.3 cm³/mol. The molecule has 130 valence electrons. The Morgan fingerprint density at radius 1 is 1.20 bits per heavy atom. The second-order valence-corrected chi connectivity index (χ2v) is 6.33. The third-order valence-corrected chi connectivity index (χ3v) is 4.70. The Bertz CT molecular complexity index is 810. The van der Waals surface area contributed by atoms with Crippen LogP contribution >= 0.6 is 0 Å². The smallest absolute Gasteiger partial charge is 0.337 e. The summed E-state index contributed by atoms with van der Waals surface area (Å²) in [4.78, 5) is 29.4. The molecule has 0 saturated carbocycles. The Balaban J connectivity index is 1.89. The van der Waals surface area contributed by atoms with Crippen LogP contribution in [0.3, 0.4) is 0 Å². The van der Waals surface area contributed by atoms with Crippen molar-refractivity contribution in [3.8, 4) is 0 Å². The quantitative estimate of drug-likeness (QED) is 0.930. The fourth-order valence-electron chi connectivity index (χ4n) is 3.28. The monoisotopic (exact) mass is 342 g/mol. The molecule has 1 aromatic heterocycles. The normalized spacial score (nSPS) is 20.3. The summed E-state index contributed by atoms with van der Waals surface area (Å²) in [5, 5.41) is 9.19. The molecular weight excluding hydrogens is 323 g/mol. The van der Waals surface area contributed by atoms with Crippen molar-refractivity contribution in [3.63, 3.8) is 0 Å². The van der Waals surface area contributed by atoms with Gasteiger partial charge in [-0.15, -0.1) is 0 Å². The second-order valence-electron chi connectivity index (χ2n) is 6.33. The number of nitrogens with zero attached hydrogens (tertiary/aromatic N) is 2. The summed E-state index contributed by atoms with van der Waals surface area (Å²) >= 11 is 0. The van der Waals surface area contributed by atoms with E-state index < -0.39 is 11.6 Å². The molecule has 1 aromatic carbocycles. The molecule has 1 atom stereocenters. The number of likely N-dealkylation sites (tertiary alicyclic amines) is 1. The van der Waals surface area contributed by atoms with Crippen LogP contribution in [-0.2, 0) is 5.67 Å². The molecule has 1 unspecified atom stereocenters. The van der Waals surface area contributed by atoms with Crippen LogP contribution in [0.2, 0.25) is 0 Å². The number of hydrogen-bond acceptors (Lipinski definition) is 3. The van der Waals surface area contributed by atoms with E-state index >= 15 is 4.39 Å². The lowest BCUT2D eigenvalue weighted by Crippen LogP contribution is -2.46. The highest BCUT2D eigenvalue weighted by atomic mass is 19.1. The molecule has 6 heteroatoms. The number of aromatic carboxylic acids is 1. The molecular formula is C19H19FN2O3. The Hall–Kier alpha value is -2.76. The minimum absolute atomic E-state index is 0.0163. The lowest BCUT2D eigenvalue weighted by molar-refractivity contribution is 0.0323. The SMILES string of the molecule is Cc1c(C(=O)O)cncc1C(=O)N1CCCC(F)(c2ccccc2)C1. The molecule has 2 heterocycles. The standard InChI is InChI=1S/C19H19FN2O3/c1-13-15(10-21-11-16(13)18(24)25)17(23)22-9-5-8-19(20,12-22)14-6-3-2-4-7-14/h2-4,6-7,10-11H,5,8-9,12H2,1H3,(H,24,25). The average Bonchev–Trinajstić information content (AvgIpc) is 2.62. The minimum Gasteiger partial charge on any atom is -0.478 e. The summed E-state index contributed by atoms with van der Waals surface area (Å²) in [6, 6.07) is 8.84. The summed E-state index contributed by atoms with van der Waals surface area (Å²) in [5.74, 6) is -1.52. The van der Waals surface area contributed by atoms with Crippen molar-refractivity contribution in [1.82, 2.24) is 9.88 Å². The third kappa shape index (κ3) is 3.24. The number of carbonyl (C=O) groups is 2. The number of alkyl halides is 1. The highest BCUT2D eigenvalue weighted by molar-refractivity contribution is 5.99. The van der Waals surface area contributed by atoms with E-state index in [0.717, 1.165) is 0 Å². The van der Waals surface area contributed by atoms with Gasteiger partial charge in [-0.1, -0.05) is 30.3 Å². The van der Waals surface area contributed by atoms with Gasteiger partial charge in [-0.25, -0.2) is 9.18 Å². The van der Waals surface area contributed by atoms with Crippen LogP contribution in [0, 0.1) is 6.92 Å². The Kier molecular flexibility index (Phi) is 4.53. The van der Waals surface area contributed by atoms with Crippen molar-refractivity contribution in [3.05, 3.63) is 65.0 Å². The van der Waals surface area contributed by atoms with Crippen LogP contribution in [0.4, 0.5) is 4.39 Å². The van der Waals surface area contributed by atoms with Crippen LogP contribution in [0.15, 0.2) is 42.7 Å². The highest BCUT2D eigenvalue weighted by Crippen LogP contribution is 2.36. The van der Waals surface area contributed by atoms with Crippen molar-refractivity contribution in [2.45, 2.75) is 25.4 Å². The number of pyridine rings is 1. The van der Waals surface area contributed by atoms with Crippen LogP contribution in [0.5, 0.6) is 0 Å². The van der Waals surface area contributed by atoms with Gasteiger partial charge in [-0.3, -0.25) is 9.78 Å². The molecule has 2 aromatic rings. The van der Waals surface area contributed by atoms with Gasteiger partial charge in [-0.2, -0.15) is 0 Å². The molecule has 1 amide bonds. The molecule has 1 aliphatic rings. The lowest BCUT2D eigenvalue weighted by Gasteiger charge is -2.38. The first kappa shape index (κ1) is 17.1. The molecule has 1 N–H and O–H groups in total. The number of halogens is 1. The van der Waals surface area contributed by atoms with Gasteiger partial charge in [0, 0.05) is 18.9 Å². The van der Waals surface area contributed by atoms with Crippen LogP contribution in [0.25, 0.3) is 0 Å². The van der Waals surface area contributed by atoms with Gasteiger partial charge < -0.3 is 10.0 Å². The third-order valence-electron chi connectivity index (χ3n) is 4.70. The van der Waals surface area contributed by atoms with Gasteiger partial charge in [0.1, 0.15) is 0 Å². The summed E-state index contributed by atoms with van der Waals surface area (Å²) in [6.07, 6.45) is 3.46. The van der Waals surface area contributed by atoms with E-state index in [1.807, 2.05) is 6.07 Å². The summed E-state index contributed by atoms with van der Waals surface area (Å²) < 4.78 is 15.4. The first-order valence-corrected chi connectivity index (χ1v) is 8.14. The number of carboxylic acids is 1. The molecule has 3 rings (SSSR count). The molecule has 0 bridgehead atoms. The van der Waals surface area contributed by atoms with Gasteiger partial charge >= 0.3 is 5.97 Å². The predicted octanol–water partition coefficient (Wildman–Crippen LogP) is 3.19. The van der Waals surface area contributed by atoms with Gasteiger partial charge in [0.05, 0.1) is 17.7 Å². The Labute approximate surface area is 145 Å². The van der Waals surface area contributed by atoms with Crippen molar-refractivity contribution in [1.29, 1.82) is 0 Å². The molecule has 1 aliphatic heterocycles. The average molecular weight is 342 g/mol. The number of hydrogen-bond donors (Lipinski definition) is 1. The van der Waals surface area contributed by atoms with Crippen molar-refractivity contribution >= 4 is 11.9 Å². The van der Waals surface area contributed by atoms with Gasteiger partial charge in [0.15, 0.2) is 5.67 Å². The Morgan fingerprint density at radius 3 is 2.56 bits per heavy atom. The van der Waals surface area contributed by atoms with E-state index in [1.165, 1.54) is 17.3 Å². The maximum absolute atomic E-state index is 15.4. The van der Waals surface area contributed by atoms with E-state index in [9.17, 15) is 14.7 Å². The number of aromatic nitrogens is 1. The molecule has 0 aliphatic carbocycles.